The first-order valence-electron chi connectivity index (χ1n) is 7.91. The minimum atomic E-state index is -0.555. The van der Waals surface area contributed by atoms with E-state index in [2.05, 4.69) is 10.3 Å². The van der Waals surface area contributed by atoms with Crippen LogP contribution in [0.4, 0.5) is 0 Å². The van der Waals surface area contributed by atoms with Gasteiger partial charge in [0.1, 0.15) is 11.9 Å². The van der Waals surface area contributed by atoms with Crippen molar-refractivity contribution in [2.45, 2.75) is 57.4 Å². The fraction of sp³-hybridized carbons (Fsp3) is 0.529. The highest BCUT2D eigenvalue weighted by molar-refractivity contribution is 5.85. The minimum absolute atomic E-state index is 0.367. The fourth-order valence-electron chi connectivity index (χ4n) is 3.07. The predicted octanol–water partition coefficient (Wildman–Crippen LogP) is 3.18. The second kappa shape index (κ2) is 6.50. The standard InChI is InChI=1S/C17H24N2O2/c1-12(20)17(19-13-6-3-2-4-7-13)21-16-9-5-8-15-14(16)10-11-18-15/h5,8-13,17-20H,2-4,6-7H2,1H3. The Bertz CT molecular complexity index is 573. The first-order chi connectivity index (χ1) is 10.2. The van der Waals surface area contributed by atoms with Gasteiger partial charge in [-0.1, -0.05) is 25.3 Å². The van der Waals surface area contributed by atoms with Crippen molar-refractivity contribution in [3.63, 3.8) is 0 Å². The van der Waals surface area contributed by atoms with Gasteiger partial charge in [-0.2, -0.15) is 0 Å². The number of benzene rings is 1. The van der Waals surface area contributed by atoms with Gasteiger partial charge in [-0.05, 0) is 38.0 Å². The third kappa shape index (κ3) is 3.39. The van der Waals surface area contributed by atoms with E-state index in [1.54, 1.807) is 6.92 Å². The summed E-state index contributed by atoms with van der Waals surface area (Å²) in [4.78, 5) is 3.18. The molecule has 3 N–H and O–H groups in total. The molecular formula is C17H24N2O2. The van der Waals surface area contributed by atoms with Crippen molar-refractivity contribution >= 4 is 10.9 Å². The van der Waals surface area contributed by atoms with E-state index in [4.69, 9.17) is 4.74 Å². The maximum Gasteiger partial charge on any atom is 0.176 e. The number of aliphatic hydroxyl groups is 1. The van der Waals surface area contributed by atoms with E-state index in [1.165, 1.54) is 32.1 Å². The summed E-state index contributed by atoms with van der Waals surface area (Å²) in [6.45, 7) is 1.78. The average Bonchev–Trinajstić information content (AvgIpc) is 2.97. The molecule has 1 aliphatic carbocycles. The minimum Gasteiger partial charge on any atom is -0.472 e. The van der Waals surface area contributed by atoms with Crippen molar-refractivity contribution in [2.24, 2.45) is 0 Å². The van der Waals surface area contributed by atoms with Gasteiger partial charge in [-0.15, -0.1) is 0 Å². The highest BCUT2D eigenvalue weighted by atomic mass is 16.5. The summed E-state index contributed by atoms with van der Waals surface area (Å²) >= 11 is 0. The summed E-state index contributed by atoms with van der Waals surface area (Å²) in [5.41, 5.74) is 1.05. The highest BCUT2D eigenvalue weighted by Crippen LogP contribution is 2.26. The van der Waals surface area contributed by atoms with E-state index in [0.717, 1.165) is 16.7 Å². The number of aromatic nitrogens is 1. The number of aliphatic hydroxyl groups excluding tert-OH is 1. The summed E-state index contributed by atoms with van der Waals surface area (Å²) in [5.74, 6) is 0.808. The third-order valence-corrected chi connectivity index (χ3v) is 4.25. The normalized spacial score (nSPS) is 19.5. The Morgan fingerprint density at radius 1 is 1.24 bits per heavy atom. The van der Waals surface area contributed by atoms with Crippen molar-refractivity contribution in [2.75, 3.05) is 0 Å². The number of fused-ring (bicyclic) bond motifs is 1. The second-order valence-electron chi connectivity index (χ2n) is 5.98. The second-order valence-corrected chi connectivity index (χ2v) is 5.98. The Morgan fingerprint density at radius 2 is 2.05 bits per heavy atom. The molecule has 0 bridgehead atoms. The molecule has 0 spiro atoms. The molecule has 1 aromatic heterocycles. The molecular weight excluding hydrogens is 264 g/mol. The topological polar surface area (TPSA) is 57.3 Å². The SMILES string of the molecule is CC(O)C(NC1CCCCC1)Oc1cccc2[nH]ccc12. The van der Waals surface area contributed by atoms with E-state index in [9.17, 15) is 5.11 Å². The van der Waals surface area contributed by atoms with Crippen LogP contribution in [0, 0.1) is 0 Å². The lowest BCUT2D eigenvalue weighted by molar-refractivity contribution is 0.0169. The molecule has 21 heavy (non-hydrogen) atoms. The molecule has 1 fully saturated rings. The number of hydrogen-bond donors (Lipinski definition) is 3. The van der Waals surface area contributed by atoms with Gasteiger partial charge in [0.25, 0.3) is 0 Å². The summed E-state index contributed by atoms with van der Waals surface area (Å²) in [5, 5.41) is 14.6. The van der Waals surface area contributed by atoms with Gasteiger partial charge in [-0.3, -0.25) is 5.32 Å². The summed E-state index contributed by atoms with van der Waals surface area (Å²) in [6, 6.07) is 8.39. The van der Waals surface area contributed by atoms with Gasteiger partial charge in [0, 0.05) is 23.1 Å². The van der Waals surface area contributed by atoms with Crippen molar-refractivity contribution in [3.05, 3.63) is 30.5 Å². The van der Waals surface area contributed by atoms with Crippen LogP contribution in [-0.4, -0.2) is 28.5 Å². The molecule has 0 saturated heterocycles. The van der Waals surface area contributed by atoms with Crippen molar-refractivity contribution in [1.82, 2.24) is 10.3 Å². The first kappa shape index (κ1) is 14.4. The van der Waals surface area contributed by atoms with Crippen LogP contribution in [-0.2, 0) is 0 Å². The fourth-order valence-corrected chi connectivity index (χ4v) is 3.07. The zero-order valence-corrected chi connectivity index (χ0v) is 12.5. The quantitative estimate of drug-likeness (QED) is 0.741. The molecule has 2 aromatic rings. The molecule has 4 nitrogen and oxygen atoms in total. The Kier molecular flexibility index (Phi) is 4.46. The van der Waals surface area contributed by atoms with Crippen LogP contribution >= 0.6 is 0 Å². The molecule has 1 aromatic carbocycles. The van der Waals surface area contributed by atoms with Crippen LogP contribution in [0.3, 0.4) is 0 Å². The number of H-pyrrole nitrogens is 1. The molecule has 0 aliphatic heterocycles. The average molecular weight is 288 g/mol. The lowest BCUT2D eigenvalue weighted by Crippen LogP contribution is -2.48. The van der Waals surface area contributed by atoms with Crippen LogP contribution in [0.5, 0.6) is 5.75 Å². The smallest absolute Gasteiger partial charge is 0.176 e. The number of ether oxygens (including phenoxy) is 1. The number of rotatable bonds is 5. The first-order valence-corrected chi connectivity index (χ1v) is 7.91. The van der Waals surface area contributed by atoms with Crippen LogP contribution in [0.1, 0.15) is 39.0 Å². The zero-order chi connectivity index (χ0) is 14.7. The Labute approximate surface area is 125 Å². The monoisotopic (exact) mass is 288 g/mol. The maximum absolute atomic E-state index is 10.0. The molecule has 3 rings (SSSR count). The van der Waals surface area contributed by atoms with E-state index in [1.807, 2.05) is 30.5 Å². The van der Waals surface area contributed by atoms with E-state index < -0.39 is 6.10 Å². The van der Waals surface area contributed by atoms with E-state index >= 15 is 0 Å². The molecule has 0 radical (unpaired) electrons. The van der Waals surface area contributed by atoms with Gasteiger partial charge in [0.2, 0.25) is 0 Å². The molecule has 2 unspecified atom stereocenters. The lowest BCUT2D eigenvalue weighted by atomic mass is 9.95. The zero-order valence-electron chi connectivity index (χ0n) is 12.5. The number of hydrogen-bond acceptors (Lipinski definition) is 3. The van der Waals surface area contributed by atoms with Gasteiger partial charge < -0.3 is 14.8 Å². The van der Waals surface area contributed by atoms with Gasteiger partial charge in [0.15, 0.2) is 6.23 Å². The third-order valence-electron chi connectivity index (χ3n) is 4.25. The Balaban J connectivity index is 1.73. The summed E-state index contributed by atoms with van der Waals surface area (Å²) in [6.07, 6.45) is 7.16. The Morgan fingerprint density at radius 3 is 2.81 bits per heavy atom. The maximum atomic E-state index is 10.0. The molecule has 0 amide bonds. The van der Waals surface area contributed by atoms with Crippen molar-refractivity contribution in [3.8, 4) is 5.75 Å². The number of nitrogens with one attached hydrogen (secondary N) is 2. The van der Waals surface area contributed by atoms with E-state index in [0.29, 0.717) is 6.04 Å². The predicted molar refractivity (Wildman–Crippen MR) is 84.4 cm³/mol. The highest BCUT2D eigenvalue weighted by Gasteiger charge is 2.23. The molecule has 1 heterocycles. The lowest BCUT2D eigenvalue weighted by Gasteiger charge is -2.30. The molecule has 114 valence electrons. The van der Waals surface area contributed by atoms with Crippen LogP contribution in [0.25, 0.3) is 10.9 Å². The van der Waals surface area contributed by atoms with Crippen LogP contribution < -0.4 is 10.1 Å². The van der Waals surface area contributed by atoms with Crippen LogP contribution in [0.15, 0.2) is 30.5 Å². The summed E-state index contributed by atoms with van der Waals surface area (Å²) < 4.78 is 6.07. The Hall–Kier alpha value is -1.52. The van der Waals surface area contributed by atoms with Crippen LogP contribution in [0.2, 0.25) is 0 Å². The summed E-state index contributed by atoms with van der Waals surface area (Å²) in [7, 11) is 0. The number of aromatic amines is 1. The molecule has 1 aliphatic rings. The van der Waals surface area contributed by atoms with Crippen molar-refractivity contribution in [1.29, 1.82) is 0 Å². The van der Waals surface area contributed by atoms with Crippen molar-refractivity contribution < 1.29 is 9.84 Å². The van der Waals surface area contributed by atoms with Gasteiger partial charge in [0.05, 0.1) is 0 Å². The largest absolute Gasteiger partial charge is 0.472 e. The van der Waals surface area contributed by atoms with Gasteiger partial charge >= 0.3 is 0 Å². The molecule has 2 atom stereocenters. The van der Waals surface area contributed by atoms with E-state index in [-0.39, 0.29) is 6.23 Å². The van der Waals surface area contributed by atoms with Gasteiger partial charge in [-0.25, -0.2) is 0 Å². The molecule has 1 saturated carbocycles. The molecule has 4 heteroatoms.